The minimum atomic E-state index is -0.430. The molecule has 2 amide bonds. The summed E-state index contributed by atoms with van der Waals surface area (Å²) in [5.74, 6) is 1.57. The molecule has 3 heterocycles. The van der Waals surface area contributed by atoms with Gasteiger partial charge in [-0.05, 0) is 56.2 Å². The number of amides is 2. The van der Waals surface area contributed by atoms with E-state index in [1.54, 1.807) is 31.6 Å². The van der Waals surface area contributed by atoms with Crippen LogP contribution in [0.25, 0.3) is 0 Å². The van der Waals surface area contributed by atoms with Crippen molar-refractivity contribution in [3.05, 3.63) is 48.3 Å². The number of nitrogens with one attached hydrogen (secondary N) is 1. The Morgan fingerprint density at radius 3 is 2.50 bits per heavy atom. The summed E-state index contributed by atoms with van der Waals surface area (Å²) in [5.41, 5.74) is 0.533. The molecule has 1 saturated carbocycles. The number of anilines is 1. The van der Waals surface area contributed by atoms with E-state index in [0.29, 0.717) is 17.2 Å². The number of ether oxygens (including phenoxy) is 1. The molecule has 1 aliphatic carbocycles. The van der Waals surface area contributed by atoms with Crippen LogP contribution in [-0.2, 0) is 4.79 Å². The maximum absolute atomic E-state index is 13.7. The van der Waals surface area contributed by atoms with Gasteiger partial charge in [-0.25, -0.2) is 9.97 Å². The zero-order valence-corrected chi connectivity index (χ0v) is 19.7. The van der Waals surface area contributed by atoms with Gasteiger partial charge in [-0.15, -0.1) is 0 Å². The average molecular weight is 464 g/mol. The molecule has 180 valence electrons. The van der Waals surface area contributed by atoms with Gasteiger partial charge >= 0.3 is 0 Å². The molecule has 2 saturated heterocycles. The van der Waals surface area contributed by atoms with Crippen molar-refractivity contribution in [3.8, 4) is 5.75 Å². The van der Waals surface area contributed by atoms with Crippen molar-refractivity contribution in [2.75, 3.05) is 25.1 Å². The Kier molecular flexibility index (Phi) is 6.65. The fourth-order valence-corrected chi connectivity index (χ4v) is 5.92. The van der Waals surface area contributed by atoms with Crippen LogP contribution in [0.4, 0.5) is 5.95 Å². The lowest BCUT2D eigenvalue weighted by Crippen LogP contribution is -2.53. The van der Waals surface area contributed by atoms with Crippen LogP contribution in [0.2, 0.25) is 0 Å². The second-order valence-corrected chi connectivity index (χ2v) is 9.59. The smallest absolute Gasteiger partial charge is 0.258 e. The second kappa shape index (κ2) is 9.99. The number of hydrogen-bond acceptors (Lipinski definition) is 6. The second-order valence-electron chi connectivity index (χ2n) is 9.59. The van der Waals surface area contributed by atoms with E-state index in [0.717, 1.165) is 57.6 Å². The van der Waals surface area contributed by atoms with Gasteiger partial charge in [0.25, 0.3) is 5.91 Å². The van der Waals surface area contributed by atoms with Crippen molar-refractivity contribution in [2.45, 2.75) is 63.1 Å². The molecule has 0 spiro atoms. The molecule has 1 N–H and O–H groups in total. The molecule has 3 aliphatic rings. The molecule has 34 heavy (non-hydrogen) atoms. The van der Waals surface area contributed by atoms with Gasteiger partial charge in [0, 0.05) is 37.6 Å². The molecule has 0 bridgehead atoms. The third kappa shape index (κ3) is 4.45. The van der Waals surface area contributed by atoms with E-state index in [4.69, 9.17) is 4.74 Å². The predicted octanol–water partition coefficient (Wildman–Crippen LogP) is 3.04. The Morgan fingerprint density at radius 2 is 1.74 bits per heavy atom. The lowest BCUT2D eigenvalue weighted by molar-refractivity contribution is -0.126. The monoisotopic (exact) mass is 463 g/mol. The first kappa shape index (κ1) is 22.6. The average Bonchev–Trinajstić information content (AvgIpc) is 3.29. The van der Waals surface area contributed by atoms with Crippen LogP contribution < -0.4 is 15.0 Å². The van der Waals surface area contributed by atoms with Crippen LogP contribution in [0.15, 0.2) is 42.7 Å². The minimum Gasteiger partial charge on any atom is -0.496 e. The number of carbonyl (C=O) groups excluding carboxylic acids is 2. The Labute approximate surface area is 200 Å². The normalized spacial score (nSPS) is 25.0. The summed E-state index contributed by atoms with van der Waals surface area (Å²) < 4.78 is 5.46. The minimum absolute atomic E-state index is 0.0212. The fraction of sp³-hybridized carbons (Fsp3) is 0.538. The van der Waals surface area contributed by atoms with Crippen LogP contribution in [0.3, 0.4) is 0 Å². The number of rotatable bonds is 5. The van der Waals surface area contributed by atoms with E-state index in [1.807, 2.05) is 23.1 Å². The first-order chi connectivity index (χ1) is 16.7. The van der Waals surface area contributed by atoms with Gasteiger partial charge in [-0.2, -0.15) is 0 Å². The largest absolute Gasteiger partial charge is 0.496 e. The number of likely N-dealkylation sites (tertiary alicyclic amines) is 1. The van der Waals surface area contributed by atoms with Gasteiger partial charge in [-0.1, -0.05) is 25.0 Å². The summed E-state index contributed by atoms with van der Waals surface area (Å²) in [6.07, 6.45) is 10.2. The third-order valence-electron chi connectivity index (χ3n) is 7.64. The number of benzene rings is 1. The highest BCUT2D eigenvalue weighted by Gasteiger charge is 2.48. The SMILES string of the molecule is COc1ccccc1C(=O)N1C(C(=O)NC2CCN(c3ncccn3)CC2)CC2CCCCC21. The van der Waals surface area contributed by atoms with Gasteiger partial charge < -0.3 is 19.9 Å². The van der Waals surface area contributed by atoms with Crippen molar-refractivity contribution in [3.63, 3.8) is 0 Å². The first-order valence-corrected chi connectivity index (χ1v) is 12.4. The Bertz CT molecular complexity index is 1010. The van der Waals surface area contributed by atoms with E-state index in [2.05, 4.69) is 20.2 Å². The van der Waals surface area contributed by atoms with Gasteiger partial charge in [0.05, 0.1) is 12.7 Å². The third-order valence-corrected chi connectivity index (χ3v) is 7.64. The van der Waals surface area contributed by atoms with Gasteiger partial charge in [-0.3, -0.25) is 9.59 Å². The topological polar surface area (TPSA) is 87.7 Å². The number of nitrogens with zero attached hydrogens (tertiary/aromatic N) is 4. The summed E-state index contributed by atoms with van der Waals surface area (Å²) in [6.45, 7) is 1.60. The number of fused-ring (bicyclic) bond motifs is 1. The molecule has 5 rings (SSSR count). The molecule has 3 atom stereocenters. The molecule has 0 radical (unpaired) electrons. The van der Waals surface area contributed by atoms with Crippen molar-refractivity contribution < 1.29 is 14.3 Å². The summed E-state index contributed by atoms with van der Waals surface area (Å²) in [4.78, 5) is 40.0. The van der Waals surface area contributed by atoms with Crippen LogP contribution >= 0.6 is 0 Å². The maximum Gasteiger partial charge on any atom is 0.258 e. The zero-order valence-electron chi connectivity index (χ0n) is 19.7. The molecule has 2 aromatic rings. The van der Waals surface area contributed by atoms with Crippen LogP contribution in [-0.4, -0.2) is 65.0 Å². The van der Waals surface area contributed by atoms with E-state index in [-0.39, 0.29) is 23.9 Å². The first-order valence-electron chi connectivity index (χ1n) is 12.4. The fourth-order valence-electron chi connectivity index (χ4n) is 5.92. The Morgan fingerprint density at radius 1 is 1.00 bits per heavy atom. The summed E-state index contributed by atoms with van der Waals surface area (Å²) in [6, 6.07) is 8.92. The number of piperidine rings is 1. The van der Waals surface area contributed by atoms with Crippen LogP contribution in [0.5, 0.6) is 5.75 Å². The Hall–Kier alpha value is -3.16. The summed E-state index contributed by atoms with van der Waals surface area (Å²) in [5, 5.41) is 3.28. The van der Waals surface area contributed by atoms with E-state index in [9.17, 15) is 9.59 Å². The molecule has 2 aliphatic heterocycles. The van der Waals surface area contributed by atoms with Crippen LogP contribution in [0.1, 0.15) is 55.3 Å². The molecule has 8 nitrogen and oxygen atoms in total. The Balaban J connectivity index is 1.29. The predicted molar refractivity (Wildman–Crippen MR) is 129 cm³/mol. The highest BCUT2D eigenvalue weighted by molar-refractivity contribution is 6.00. The van der Waals surface area contributed by atoms with Crippen molar-refractivity contribution in [1.82, 2.24) is 20.2 Å². The summed E-state index contributed by atoms with van der Waals surface area (Å²) >= 11 is 0. The zero-order chi connectivity index (χ0) is 23.5. The quantitative estimate of drug-likeness (QED) is 0.733. The van der Waals surface area contributed by atoms with E-state index < -0.39 is 6.04 Å². The maximum atomic E-state index is 13.7. The number of aromatic nitrogens is 2. The molecular weight excluding hydrogens is 430 g/mol. The lowest BCUT2D eigenvalue weighted by Gasteiger charge is -2.35. The number of para-hydroxylation sites is 1. The molecule has 8 heteroatoms. The van der Waals surface area contributed by atoms with Gasteiger partial charge in [0.2, 0.25) is 11.9 Å². The van der Waals surface area contributed by atoms with Gasteiger partial charge in [0.15, 0.2) is 0 Å². The van der Waals surface area contributed by atoms with Crippen molar-refractivity contribution in [1.29, 1.82) is 0 Å². The van der Waals surface area contributed by atoms with Crippen molar-refractivity contribution >= 4 is 17.8 Å². The standard InChI is InChI=1S/C26H33N5O3/c1-34-23-10-5-3-8-20(23)25(33)31-21-9-4-2-7-18(21)17-22(31)24(32)29-19-11-15-30(16-12-19)26-27-13-6-14-28-26/h3,5-6,8,10,13-14,18-19,21-22H,2,4,7,9,11-12,15-17H2,1H3,(H,29,32). The van der Waals surface area contributed by atoms with E-state index in [1.165, 1.54) is 6.42 Å². The molecule has 1 aromatic carbocycles. The van der Waals surface area contributed by atoms with Crippen LogP contribution in [0, 0.1) is 5.92 Å². The van der Waals surface area contributed by atoms with E-state index >= 15 is 0 Å². The molecule has 3 fully saturated rings. The molecule has 1 aromatic heterocycles. The number of methoxy groups -OCH3 is 1. The molecular formula is C26H33N5O3. The number of hydrogen-bond donors (Lipinski definition) is 1. The highest BCUT2D eigenvalue weighted by atomic mass is 16.5. The lowest BCUT2D eigenvalue weighted by atomic mass is 9.84. The highest BCUT2D eigenvalue weighted by Crippen LogP contribution is 2.41. The number of carbonyl (C=O) groups is 2. The molecule has 3 unspecified atom stereocenters. The summed E-state index contributed by atoms with van der Waals surface area (Å²) in [7, 11) is 1.58. The van der Waals surface area contributed by atoms with Gasteiger partial charge in [0.1, 0.15) is 11.8 Å². The van der Waals surface area contributed by atoms with Crippen molar-refractivity contribution in [2.24, 2.45) is 5.92 Å².